The van der Waals surface area contributed by atoms with E-state index in [1.807, 2.05) is 5.38 Å². The van der Waals surface area contributed by atoms with Crippen molar-refractivity contribution in [2.75, 3.05) is 6.54 Å². The van der Waals surface area contributed by atoms with Gasteiger partial charge in [0.2, 0.25) is 5.91 Å². The molecule has 1 saturated heterocycles. The first-order valence-corrected chi connectivity index (χ1v) is 5.37. The van der Waals surface area contributed by atoms with Gasteiger partial charge < -0.3 is 10.4 Å². The Kier molecular flexibility index (Phi) is 2.28. The zero-order chi connectivity index (χ0) is 10.2. The van der Waals surface area contributed by atoms with Crippen molar-refractivity contribution < 1.29 is 9.90 Å². The number of amides is 1. The summed E-state index contributed by atoms with van der Waals surface area (Å²) >= 11 is 1.42. The van der Waals surface area contributed by atoms with Crippen LogP contribution in [0.3, 0.4) is 0 Å². The van der Waals surface area contributed by atoms with Crippen LogP contribution in [0.1, 0.15) is 18.4 Å². The second-order valence-corrected chi connectivity index (χ2v) is 4.58. The largest absolute Gasteiger partial charge is 0.383 e. The van der Waals surface area contributed by atoms with Crippen molar-refractivity contribution in [3.63, 3.8) is 0 Å². The number of hydrogen-bond donors (Lipinski definition) is 2. The third-order valence-corrected chi connectivity index (χ3v) is 3.64. The Morgan fingerprint density at radius 1 is 1.79 bits per heavy atom. The lowest BCUT2D eigenvalue weighted by molar-refractivity contribution is -0.120. The normalized spacial score (nSPS) is 25.9. The van der Waals surface area contributed by atoms with Crippen molar-refractivity contribution in [1.82, 2.24) is 10.3 Å². The molecular weight excluding hydrogens is 200 g/mol. The zero-order valence-corrected chi connectivity index (χ0v) is 8.67. The van der Waals surface area contributed by atoms with E-state index in [9.17, 15) is 9.90 Å². The van der Waals surface area contributed by atoms with E-state index in [4.69, 9.17) is 0 Å². The first-order chi connectivity index (χ1) is 6.60. The van der Waals surface area contributed by atoms with Gasteiger partial charge in [-0.2, -0.15) is 0 Å². The Bertz CT molecular complexity index is 335. The van der Waals surface area contributed by atoms with Crippen molar-refractivity contribution in [3.05, 3.63) is 16.6 Å². The van der Waals surface area contributed by atoms with Crippen LogP contribution in [0.25, 0.3) is 0 Å². The molecule has 0 aromatic carbocycles. The fourth-order valence-corrected chi connectivity index (χ4v) is 2.43. The first-order valence-electron chi connectivity index (χ1n) is 4.49. The predicted octanol–water partition coefficient (Wildman–Crippen LogP) is 0.487. The topological polar surface area (TPSA) is 62.2 Å². The second kappa shape index (κ2) is 3.33. The summed E-state index contributed by atoms with van der Waals surface area (Å²) in [6.07, 6.45) is 2.05. The molecule has 0 aliphatic carbocycles. The van der Waals surface area contributed by atoms with Crippen LogP contribution in [0.2, 0.25) is 0 Å². The molecule has 76 valence electrons. The van der Waals surface area contributed by atoms with Crippen LogP contribution in [-0.2, 0) is 10.4 Å². The van der Waals surface area contributed by atoms with Gasteiger partial charge in [0.1, 0.15) is 10.6 Å². The average molecular weight is 212 g/mol. The van der Waals surface area contributed by atoms with E-state index < -0.39 is 5.60 Å². The number of thiazole rings is 1. The van der Waals surface area contributed by atoms with Gasteiger partial charge in [0.15, 0.2) is 0 Å². The van der Waals surface area contributed by atoms with Crippen LogP contribution in [0.15, 0.2) is 11.6 Å². The standard InChI is InChI=1S/C9H12N2O2S/c1-9(13,8-10-2-3-14-8)6-4-7(12)11-5-6/h2-3,6,13H,4-5H2,1H3,(H,11,12). The van der Waals surface area contributed by atoms with Gasteiger partial charge in [-0.25, -0.2) is 4.98 Å². The minimum Gasteiger partial charge on any atom is -0.383 e. The fourth-order valence-electron chi connectivity index (χ4n) is 1.65. The molecule has 5 heteroatoms. The van der Waals surface area contributed by atoms with Gasteiger partial charge >= 0.3 is 0 Å². The highest BCUT2D eigenvalue weighted by Crippen LogP contribution is 2.34. The lowest BCUT2D eigenvalue weighted by atomic mass is 9.89. The molecule has 2 unspecified atom stereocenters. The van der Waals surface area contributed by atoms with E-state index in [1.54, 1.807) is 13.1 Å². The molecule has 2 heterocycles. The fraction of sp³-hybridized carbons (Fsp3) is 0.556. The van der Waals surface area contributed by atoms with Gasteiger partial charge in [0.05, 0.1) is 0 Å². The van der Waals surface area contributed by atoms with Crippen molar-refractivity contribution in [2.24, 2.45) is 5.92 Å². The quantitative estimate of drug-likeness (QED) is 0.750. The molecule has 14 heavy (non-hydrogen) atoms. The van der Waals surface area contributed by atoms with Crippen LogP contribution in [-0.4, -0.2) is 22.5 Å². The number of carbonyl (C=O) groups excluding carboxylic acids is 1. The van der Waals surface area contributed by atoms with E-state index in [0.29, 0.717) is 18.0 Å². The SMILES string of the molecule is CC(O)(c1nccs1)C1CNC(=O)C1. The lowest BCUT2D eigenvalue weighted by Crippen LogP contribution is -2.33. The summed E-state index contributed by atoms with van der Waals surface area (Å²) in [4.78, 5) is 15.1. The molecule has 4 nitrogen and oxygen atoms in total. The number of rotatable bonds is 2. The summed E-state index contributed by atoms with van der Waals surface area (Å²) in [6.45, 7) is 2.25. The van der Waals surface area contributed by atoms with Crippen molar-refractivity contribution in [1.29, 1.82) is 0 Å². The second-order valence-electron chi connectivity index (χ2n) is 3.69. The third-order valence-electron chi connectivity index (χ3n) is 2.64. The van der Waals surface area contributed by atoms with Crippen molar-refractivity contribution in [3.8, 4) is 0 Å². The molecular formula is C9H12N2O2S. The molecule has 1 aromatic heterocycles. The Labute approximate surface area is 86.0 Å². The number of nitrogens with zero attached hydrogens (tertiary/aromatic N) is 1. The van der Waals surface area contributed by atoms with E-state index in [2.05, 4.69) is 10.3 Å². The van der Waals surface area contributed by atoms with Crippen LogP contribution in [0.5, 0.6) is 0 Å². The number of nitrogens with one attached hydrogen (secondary N) is 1. The molecule has 2 rings (SSSR count). The number of aromatic nitrogens is 1. The van der Waals surface area contributed by atoms with E-state index in [1.165, 1.54) is 11.3 Å². The van der Waals surface area contributed by atoms with E-state index in [-0.39, 0.29) is 11.8 Å². The highest BCUT2D eigenvalue weighted by molar-refractivity contribution is 7.09. The number of hydrogen-bond acceptors (Lipinski definition) is 4. The first kappa shape index (κ1) is 9.61. The maximum absolute atomic E-state index is 11.0. The molecule has 0 spiro atoms. The lowest BCUT2D eigenvalue weighted by Gasteiger charge is -2.26. The molecule has 1 aliphatic rings. The summed E-state index contributed by atoms with van der Waals surface area (Å²) in [5, 5.41) is 15.5. The third kappa shape index (κ3) is 1.53. The van der Waals surface area contributed by atoms with Gasteiger partial charge in [-0.3, -0.25) is 4.79 Å². The molecule has 1 fully saturated rings. The molecule has 1 aliphatic heterocycles. The minimum atomic E-state index is -0.993. The molecule has 1 aromatic rings. The average Bonchev–Trinajstić information content (AvgIpc) is 2.72. The molecule has 0 radical (unpaired) electrons. The van der Waals surface area contributed by atoms with Gasteiger partial charge in [-0.1, -0.05) is 0 Å². The van der Waals surface area contributed by atoms with E-state index in [0.717, 1.165) is 0 Å². The summed E-state index contributed by atoms with van der Waals surface area (Å²) in [6, 6.07) is 0. The smallest absolute Gasteiger partial charge is 0.220 e. The Morgan fingerprint density at radius 3 is 3.07 bits per heavy atom. The minimum absolute atomic E-state index is 0.00633. The number of carbonyl (C=O) groups is 1. The van der Waals surface area contributed by atoms with Crippen LogP contribution in [0.4, 0.5) is 0 Å². The van der Waals surface area contributed by atoms with Gasteiger partial charge in [-0.05, 0) is 6.92 Å². The van der Waals surface area contributed by atoms with Gasteiger partial charge in [-0.15, -0.1) is 11.3 Å². The van der Waals surface area contributed by atoms with Crippen molar-refractivity contribution in [2.45, 2.75) is 18.9 Å². The highest BCUT2D eigenvalue weighted by Gasteiger charge is 2.40. The number of aliphatic hydroxyl groups is 1. The maximum Gasteiger partial charge on any atom is 0.220 e. The molecule has 1 amide bonds. The molecule has 0 bridgehead atoms. The maximum atomic E-state index is 11.0. The molecule has 2 N–H and O–H groups in total. The van der Waals surface area contributed by atoms with Crippen molar-refractivity contribution >= 4 is 17.2 Å². The summed E-state index contributed by atoms with van der Waals surface area (Å²) in [5.41, 5.74) is -0.993. The predicted molar refractivity (Wildman–Crippen MR) is 52.8 cm³/mol. The summed E-state index contributed by atoms with van der Waals surface area (Å²) in [5.74, 6) is -0.0621. The Morgan fingerprint density at radius 2 is 2.57 bits per heavy atom. The van der Waals surface area contributed by atoms with Crippen LogP contribution >= 0.6 is 11.3 Å². The van der Waals surface area contributed by atoms with Gasteiger partial charge in [0.25, 0.3) is 0 Å². The highest BCUT2D eigenvalue weighted by atomic mass is 32.1. The molecule has 2 atom stereocenters. The van der Waals surface area contributed by atoms with Crippen LogP contribution < -0.4 is 5.32 Å². The van der Waals surface area contributed by atoms with E-state index >= 15 is 0 Å². The Hall–Kier alpha value is -0.940. The van der Waals surface area contributed by atoms with Gasteiger partial charge in [0, 0.05) is 30.5 Å². The van der Waals surface area contributed by atoms with Crippen LogP contribution in [0, 0.1) is 5.92 Å². The zero-order valence-electron chi connectivity index (χ0n) is 7.86. The molecule has 0 saturated carbocycles. The summed E-state index contributed by atoms with van der Waals surface area (Å²) in [7, 11) is 0. The Balaban J connectivity index is 2.20. The monoisotopic (exact) mass is 212 g/mol. The summed E-state index contributed by atoms with van der Waals surface area (Å²) < 4.78 is 0.